The number of nitrogens with zero attached hydrogens (tertiary/aromatic N) is 3. The number of rotatable bonds is 4. The lowest BCUT2D eigenvalue weighted by molar-refractivity contribution is 0.0950. The van der Waals surface area contributed by atoms with Crippen LogP contribution in [-0.4, -0.2) is 39.1 Å². The van der Waals surface area contributed by atoms with Crippen LogP contribution in [0.3, 0.4) is 0 Å². The molecule has 0 saturated heterocycles. The Kier molecular flexibility index (Phi) is 4.20. The molecule has 3 heterocycles. The summed E-state index contributed by atoms with van der Waals surface area (Å²) in [7, 11) is 1.67. The molecule has 1 aliphatic rings. The van der Waals surface area contributed by atoms with Gasteiger partial charge in [-0.3, -0.25) is 4.79 Å². The van der Waals surface area contributed by atoms with Crippen LogP contribution in [0.4, 0.5) is 0 Å². The average molecular weight is 351 g/mol. The normalized spacial score (nSPS) is 16.7. The van der Waals surface area contributed by atoms with Crippen LogP contribution in [0.1, 0.15) is 34.6 Å². The minimum Gasteiger partial charge on any atom is -0.496 e. The highest BCUT2D eigenvalue weighted by Gasteiger charge is 2.28. The molecule has 26 heavy (non-hydrogen) atoms. The first-order valence-electron chi connectivity index (χ1n) is 8.71. The molecule has 0 aliphatic carbocycles. The van der Waals surface area contributed by atoms with E-state index in [4.69, 9.17) is 4.74 Å². The summed E-state index contributed by atoms with van der Waals surface area (Å²) in [5, 5.41) is 2.99. The molecule has 2 N–H and O–H groups in total. The number of hydrogen-bond acceptors (Lipinski definition) is 4. The number of H-pyrrole nitrogens is 1. The summed E-state index contributed by atoms with van der Waals surface area (Å²) >= 11 is 0. The second-order valence-corrected chi connectivity index (χ2v) is 6.33. The number of imidazole rings is 2. The van der Waals surface area contributed by atoms with Gasteiger partial charge in [-0.1, -0.05) is 18.2 Å². The molecule has 0 radical (unpaired) electrons. The molecule has 0 spiro atoms. The zero-order chi connectivity index (χ0) is 18.1. The third-order valence-electron chi connectivity index (χ3n) is 4.83. The van der Waals surface area contributed by atoms with E-state index in [2.05, 4.69) is 20.3 Å². The smallest absolute Gasteiger partial charge is 0.271 e. The van der Waals surface area contributed by atoms with Gasteiger partial charge < -0.3 is 19.6 Å². The molecule has 0 saturated carbocycles. The van der Waals surface area contributed by atoms with Gasteiger partial charge in [-0.25, -0.2) is 9.97 Å². The summed E-state index contributed by atoms with van der Waals surface area (Å²) < 4.78 is 7.49. The number of carbonyl (C=O) groups is 1. The van der Waals surface area contributed by atoms with Crippen LogP contribution in [0.5, 0.6) is 5.75 Å². The fraction of sp³-hybridized carbons (Fsp3) is 0.316. The Hall–Kier alpha value is -3.09. The molecule has 7 heteroatoms. The second kappa shape index (κ2) is 6.67. The quantitative estimate of drug-likeness (QED) is 0.756. The summed E-state index contributed by atoms with van der Waals surface area (Å²) in [6.45, 7) is 3.38. The van der Waals surface area contributed by atoms with E-state index >= 15 is 0 Å². The van der Waals surface area contributed by atoms with E-state index in [1.807, 2.05) is 35.8 Å². The maximum atomic E-state index is 12.5. The van der Waals surface area contributed by atoms with Crippen LogP contribution < -0.4 is 10.1 Å². The topological polar surface area (TPSA) is 84.8 Å². The van der Waals surface area contributed by atoms with Crippen molar-refractivity contribution in [3.05, 3.63) is 53.7 Å². The molecular weight excluding hydrogens is 330 g/mol. The second-order valence-electron chi connectivity index (χ2n) is 6.33. The van der Waals surface area contributed by atoms with Crippen LogP contribution >= 0.6 is 0 Å². The first kappa shape index (κ1) is 16.4. The minimum atomic E-state index is -0.150. The van der Waals surface area contributed by atoms with Crippen molar-refractivity contribution in [1.82, 2.24) is 24.8 Å². The number of fused-ring (bicyclic) bond motifs is 1. The number of amides is 1. The lowest BCUT2D eigenvalue weighted by atomic mass is 9.93. The zero-order valence-electron chi connectivity index (χ0n) is 14.8. The molecule has 1 atom stereocenters. The monoisotopic (exact) mass is 351 g/mol. The van der Waals surface area contributed by atoms with E-state index in [9.17, 15) is 4.79 Å². The molecule has 1 amide bonds. The third kappa shape index (κ3) is 2.75. The number of para-hydroxylation sites is 1. The first-order chi connectivity index (χ1) is 12.7. The van der Waals surface area contributed by atoms with Crippen molar-refractivity contribution >= 4 is 5.91 Å². The van der Waals surface area contributed by atoms with Crippen molar-refractivity contribution in [3.8, 4) is 17.3 Å². The van der Waals surface area contributed by atoms with Gasteiger partial charge in [0.1, 0.15) is 17.1 Å². The number of benzene rings is 1. The Morgan fingerprint density at radius 2 is 2.19 bits per heavy atom. The van der Waals surface area contributed by atoms with Crippen LogP contribution in [0.15, 0.2) is 36.8 Å². The molecule has 1 aliphatic heterocycles. The Morgan fingerprint density at radius 1 is 1.35 bits per heavy atom. The van der Waals surface area contributed by atoms with E-state index < -0.39 is 0 Å². The van der Waals surface area contributed by atoms with Crippen molar-refractivity contribution < 1.29 is 9.53 Å². The van der Waals surface area contributed by atoms with E-state index in [0.29, 0.717) is 24.5 Å². The molecule has 134 valence electrons. The van der Waals surface area contributed by atoms with Crippen molar-refractivity contribution in [1.29, 1.82) is 0 Å². The Balaban J connectivity index is 1.72. The summed E-state index contributed by atoms with van der Waals surface area (Å²) in [5.41, 5.74) is 3.26. The molecule has 1 aromatic carbocycles. The zero-order valence-corrected chi connectivity index (χ0v) is 14.8. The number of hydrogen-bond donors (Lipinski definition) is 2. The van der Waals surface area contributed by atoms with Gasteiger partial charge >= 0.3 is 0 Å². The molecular formula is C19H21N5O2. The van der Waals surface area contributed by atoms with Gasteiger partial charge in [0.2, 0.25) is 0 Å². The summed E-state index contributed by atoms with van der Waals surface area (Å²) in [6, 6.07) is 7.93. The van der Waals surface area contributed by atoms with Gasteiger partial charge in [0.25, 0.3) is 5.91 Å². The Morgan fingerprint density at radius 3 is 3.00 bits per heavy atom. The number of nitrogens with one attached hydrogen (secondary N) is 2. The fourth-order valence-electron chi connectivity index (χ4n) is 3.48. The van der Waals surface area contributed by atoms with Crippen molar-refractivity contribution in [2.24, 2.45) is 0 Å². The van der Waals surface area contributed by atoms with Gasteiger partial charge in [-0.15, -0.1) is 0 Å². The van der Waals surface area contributed by atoms with E-state index in [1.54, 1.807) is 19.6 Å². The Bertz CT molecular complexity index is 943. The molecule has 7 nitrogen and oxygen atoms in total. The standard InChI is InChI=1S/C19H21N5O2/c1-3-24-11-20-10-15(24)18-22-14-8-12(9-21-19(25)17(14)23-18)13-6-4-5-7-16(13)26-2/h4-7,10-12H,3,8-9H2,1-2H3,(H,21,25)(H,22,23)/t12-/m1/s1. The lowest BCUT2D eigenvalue weighted by Gasteiger charge is -2.17. The van der Waals surface area contributed by atoms with Crippen molar-refractivity contribution in [2.75, 3.05) is 13.7 Å². The third-order valence-corrected chi connectivity index (χ3v) is 4.83. The predicted molar refractivity (Wildman–Crippen MR) is 97.3 cm³/mol. The maximum absolute atomic E-state index is 12.5. The first-order valence-corrected chi connectivity index (χ1v) is 8.71. The molecule has 0 bridgehead atoms. The minimum absolute atomic E-state index is 0.112. The van der Waals surface area contributed by atoms with E-state index in [-0.39, 0.29) is 11.8 Å². The number of methoxy groups -OCH3 is 1. The van der Waals surface area contributed by atoms with Gasteiger partial charge in [-0.2, -0.15) is 0 Å². The molecule has 3 aromatic rings. The lowest BCUT2D eigenvalue weighted by Crippen LogP contribution is -2.26. The number of ether oxygens (including phenoxy) is 1. The molecule has 2 aromatic heterocycles. The molecule has 0 fully saturated rings. The van der Waals surface area contributed by atoms with E-state index in [0.717, 1.165) is 29.2 Å². The predicted octanol–water partition coefficient (Wildman–Crippen LogP) is 2.37. The molecule has 4 rings (SSSR count). The van der Waals surface area contributed by atoms with Crippen LogP contribution in [0, 0.1) is 0 Å². The summed E-state index contributed by atoms with van der Waals surface area (Å²) in [4.78, 5) is 24.6. The summed E-state index contributed by atoms with van der Waals surface area (Å²) in [5.74, 6) is 1.47. The number of carbonyl (C=O) groups excluding carboxylic acids is 1. The Labute approximate surface area is 151 Å². The van der Waals surface area contributed by atoms with Gasteiger partial charge in [0.15, 0.2) is 5.82 Å². The summed E-state index contributed by atoms with van der Waals surface area (Å²) in [6.07, 6.45) is 4.21. The van der Waals surface area contributed by atoms with Crippen molar-refractivity contribution in [2.45, 2.75) is 25.8 Å². The van der Waals surface area contributed by atoms with Gasteiger partial charge in [0.05, 0.1) is 19.6 Å². The van der Waals surface area contributed by atoms with E-state index in [1.165, 1.54) is 0 Å². The largest absolute Gasteiger partial charge is 0.496 e. The average Bonchev–Trinajstić information content (AvgIpc) is 3.28. The van der Waals surface area contributed by atoms with Gasteiger partial charge in [-0.05, 0) is 25.0 Å². The number of aryl methyl sites for hydroxylation is 1. The number of aromatic amines is 1. The maximum Gasteiger partial charge on any atom is 0.271 e. The van der Waals surface area contributed by atoms with Crippen molar-refractivity contribution in [3.63, 3.8) is 0 Å². The fourth-order valence-corrected chi connectivity index (χ4v) is 3.48. The highest BCUT2D eigenvalue weighted by atomic mass is 16.5. The highest BCUT2D eigenvalue weighted by molar-refractivity contribution is 5.94. The number of aromatic nitrogens is 4. The van der Waals surface area contributed by atoms with Crippen LogP contribution in [0.25, 0.3) is 11.5 Å². The highest BCUT2D eigenvalue weighted by Crippen LogP contribution is 2.31. The van der Waals surface area contributed by atoms with Crippen LogP contribution in [0.2, 0.25) is 0 Å². The van der Waals surface area contributed by atoms with Gasteiger partial charge in [0, 0.05) is 24.7 Å². The SMILES string of the molecule is CCn1cncc1-c1nc2c([nH]1)C[C@@H](c1ccccc1OC)CNC2=O. The molecule has 0 unspecified atom stereocenters. The van der Waals surface area contributed by atoms with Crippen LogP contribution in [-0.2, 0) is 13.0 Å².